The number of aryl methyl sites for hydroxylation is 1. The number of rotatable bonds is 5. The number of aromatic nitrogens is 2. The summed E-state index contributed by atoms with van der Waals surface area (Å²) in [6.07, 6.45) is -3.59. The standard InChI is InChI=1S/C23H19BF4N2O2/c1-14-10-19(7-8-20(14)24)32-13-22(31,23(26,27)28)16-2-9-21-15(11-16)12-29-30(21)18-5-3-17(25)4-6-18/h2-12,31H,13,24H2,1H3. The zero-order valence-electron chi connectivity index (χ0n) is 17.3. The third-order valence-electron chi connectivity index (χ3n) is 5.51. The highest BCUT2D eigenvalue weighted by molar-refractivity contribution is 6.33. The Morgan fingerprint density at radius 3 is 2.41 bits per heavy atom. The quantitative estimate of drug-likeness (QED) is 0.380. The summed E-state index contributed by atoms with van der Waals surface area (Å²) in [5.74, 6) is -0.174. The van der Waals surface area contributed by atoms with Crippen molar-refractivity contribution in [2.45, 2.75) is 18.7 Å². The lowest BCUT2D eigenvalue weighted by atomic mass is 9.91. The molecule has 0 radical (unpaired) electrons. The fourth-order valence-corrected chi connectivity index (χ4v) is 3.40. The number of nitrogens with zero attached hydrogens (tertiary/aromatic N) is 2. The molecule has 3 aromatic carbocycles. The summed E-state index contributed by atoms with van der Waals surface area (Å²) in [7, 11) is 1.88. The predicted molar refractivity (Wildman–Crippen MR) is 116 cm³/mol. The Balaban J connectivity index is 1.69. The Labute approximate surface area is 182 Å². The third-order valence-corrected chi connectivity index (χ3v) is 5.51. The normalized spacial score (nSPS) is 13.8. The molecule has 4 nitrogen and oxygen atoms in total. The summed E-state index contributed by atoms with van der Waals surface area (Å²) in [5, 5.41) is 15.3. The van der Waals surface area contributed by atoms with E-state index in [0.29, 0.717) is 16.6 Å². The van der Waals surface area contributed by atoms with Gasteiger partial charge in [0, 0.05) is 5.39 Å². The van der Waals surface area contributed by atoms with Crippen molar-refractivity contribution in [3.8, 4) is 11.4 Å². The zero-order chi connectivity index (χ0) is 23.1. The summed E-state index contributed by atoms with van der Waals surface area (Å²) in [6.45, 7) is 0.821. The third kappa shape index (κ3) is 3.96. The van der Waals surface area contributed by atoms with Gasteiger partial charge < -0.3 is 9.84 Å². The molecule has 0 saturated carbocycles. The van der Waals surface area contributed by atoms with Crippen LogP contribution in [0.2, 0.25) is 0 Å². The molecule has 1 aromatic heterocycles. The van der Waals surface area contributed by atoms with Gasteiger partial charge >= 0.3 is 6.18 Å². The molecule has 164 valence electrons. The molecule has 0 aliphatic carbocycles. The van der Waals surface area contributed by atoms with E-state index in [0.717, 1.165) is 11.0 Å². The lowest BCUT2D eigenvalue weighted by Gasteiger charge is -2.31. The molecule has 0 aliphatic rings. The number of aliphatic hydroxyl groups is 1. The van der Waals surface area contributed by atoms with Gasteiger partial charge in [-0.3, -0.25) is 0 Å². The Morgan fingerprint density at radius 2 is 1.75 bits per heavy atom. The molecule has 0 amide bonds. The molecule has 1 heterocycles. The summed E-state index contributed by atoms with van der Waals surface area (Å²) in [4.78, 5) is 0. The zero-order valence-corrected chi connectivity index (χ0v) is 17.3. The fourth-order valence-electron chi connectivity index (χ4n) is 3.40. The van der Waals surface area contributed by atoms with Crippen LogP contribution in [-0.2, 0) is 5.60 Å². The number of halogens is 4. The van der Waals surface area contributed by atoms with Crippen LogP contribution in [0.15, 0.2) is 66.9 Å². The van der Waals surface area contributed by atoms with Gasteiger partial charge in [0.2, 0.25) is 5.60 Å². The van der Waals surface area contributed by atoms with Crippen molar-refractivity contribution < 1.29 is 27.4 Å². The molecule has 0 aliphatic heterocycles. The van der Waals surface area contributed by atoms with E-state index < -0.39 is 24.2 Å². The Kier molecular flexibility index (Phi) is 5.46. The van der Waals surface area contributed by atoms with E-state index in [-0.39, 0.29) is 11.3 Å². The second-order valence-corrected chi connectivity index (χ2v) is 7.70. The average Bonchev–Trinajstić information content (AvgIpc) is 3.17. The summed E-state index contributed by atoms with van der Waals surface area (Å²) < 4.78 is 61.9. The van der Waals surface area contributed by atoms with Crippen LogP contribution in [-0.4, -0.2) is 35.5 Å². The van der Waals surface area contributed by atoms with Crippen molar-refractivity contribution in [3.63, 3.8) is 0 Å². The van der Waals surface area contributed by atoms with E-state index in [4.69, 9.17) is 4.74 Å². The van der Waals surface area contributed by atoms with Crippen LogP contribution in [0.4, 0.5) is 17.6 Å². The predicted octanol–water partition coefficient (Wildman–Crippen LogP) is 3.56. The van der Waals surface area contributed by atoms with Gasteiger partial charge in [0.05, 0.1) is 17.4 Å². The highest BCUT2D eigenvalue weighted by Crippen LogP contribution is 2.40. The minimum atomic E-state index is -4.98. The van der Waals surface area contributed by atoms with Gasteiger partial charge in [-0.05, 0) is 61.0 Å². The second kappa shape index (κ2) is 7.98. The van der Waals surface area contributed by atoms with E-state index >= 15 is 0 Å². The van der Waals surface area contributed by atoms with Gasteiger partial charge in [0.1, 0.15) is 26.0 Å². The van der Waals surface area contributed by atoms with E-state index in [1.807, 2.05) is 14.8 Å². The van der Waals surface area contributed by atoms with Crippen molar-refractivity contribution in [1.29, 1.82) is 0 Å². The fraction of sp³-hybridized carbons (Fsp3) is 0.174. The number of alkyl halides is 3. The Morgan fingerprint density at radius 1 is 1.03 bits per heavy atom. The first-order valence-corrected chi connectivity index (χ1v) is 9.82. The molecule has 0 bridgehead atoms. The molecule has 1 atom stereocenters. The topological polar surface area (TPSA) is 47.3 Å². The minimum absolute atomic E-state index is 0.237. The van der Waals surface area contributed by atoms with Crippen molar-refractivity contribution in [3.05, 3.63) is 83.8 Å². The molecular formula is C23H19BF4N2O2. The number of hydrogen-bond donors (Lipinski definition) is 1. The second-order valence-electron chi connectivity index (χ2n) is 7.70. The van der Waals surface area contributed by atoms with E-state index in [1.54, 1.807) is 18.2 Å². The SMILES string of the molecule is Bc1ccc(OCC(O)(c2ccc3c(cnn3-c3ccc(F)cc3)c2)C(F)(F)F)cc1C. The van der Waals surface area contributed by atoms with Crippen LogP contribution in [0.25, 0.3) is 16.6 Å². The van der Waals surface area contributed by atoms with Crippen LogP contribution >= 0.6 is 0 Å². The number of hydrogen-bond acceptors (Lipinski definition) is 3. The lowest BCUT2D eigenvalue weighted by molar-refractivity contribution is -0.275. The number of fused-ring (bicyclic) bond motifs is 1. The molecule has 1 N–H and O–H groups in total. The minimum Gasteiger partial charge on any atom is -0.490 e. The monoisotopic (exact) mass is 442 g/mol. The van der Waals surface area contributed by atoms with Crippen molar-refractivity contribution in [2.75, 3.05) is 6.61 Å². The molecule has 0 spiro atoms. The first-order valence-electron chi connectivity index (χ1n) is 9.82. The highest BCUT2D eigenvalue weighted by atomic mass is 19.4. The maximum absolute atomic E-state index is 14.0. The van der Waals surface area contributed by atoms with Gasteiger partial charge in [-0.25, -0.2) is 9.07 Å². The van der Waals surface area contributed by atoms with E-state index in [2.05, 4.69) is 5.10 Å². The molecule has 32 heavy (non-hydrogen) atoms. The van der Waals surface area contributed by atoms with Crippen molar-refractivity contribution in [1.82, 2.24) is 9.78 Å². The maximum Gasteiger partial charge on any atom is 0.424 e. The molecule has 9 heteroatoms. The first kappa shape index (κ1) is 21.9. The van der Waals surface area contributed by atoms with Gasteiger partial charge in [-0.15, -0.1) is 0 Å². The summed E-state index contributed by atoms with van der Waals surface area (Å²) in [6, 6.07) is 14.4. The Hall–Kier alpha value is -3.33. The molecule has 1 unspecified atom stereocenters. The molecule has 4 aromatic rings. The van der Waals surface area contributed by atoms with Gasteiger partial charge in [0.15, 0.2) is 0 Å². The van der Waals surface area contributed by atoms with Crippen molar-refractivity contribution in [2.24, 2.45) is 0 Å². The van der Waals surface area contributed by atoms with Crippen LogP contribution in [0.5, 0.6) is 5.75 Å². The number of ether oxygens (including phenoxy) is 1. The van der Waals surface area contributed by atoms with Gasteiger partial charge in [0.25, 0.3) is 0 Å². The smallest absolute Gasteiger partial charge is 0.424 e. The van der Waals surface area contributed by atoms with E-state index in [9.17, 15) is 22.7 Å². The molecule has 0 fully saturated rings. The van der Waals surface area contributed by atoms with Crippen LogP contribution < -0.4 is 10.2 Å². The largest absolute Gasteiger partial charge is 0.490 e. The average molecular weight is 442 g/mol. The Bertz CT molecular complexity index is 1270. The van der Waals surface area contributed by atoms with Gasteiger partial charge in [-0.2, -0.15) is 18.3 Å². The summed E-state index contributed by atoms with van der Waals surface area (Å²) in [5.41, 5.74) is -0.671. The number of benzene rings is 3. The van der Waals surface area contributed by atoms with E-state index in [1.165, 1.54) is 53.3 Å². The highest BCUT2D eigenvalue weighted by Gasteiger charge is 2.56. The molecular weight excluding hydrogens is 423 g/mol. The van der Waals surface area contributed by atoms with Crippen molar-refractivity contribution >= 4 is 24.2 Å². The van der Waals surface area contributed by atoms with Gasteiger partial charge in [-0.1, -0.05) is 23.2 Å². The summed E-state index contributed by atoms with van der Waals surface area (Å²) >= 11 is 0. The van der Waals surface area contributed by atoms with Crippen LogP contribution in [0.3, 0.4) is 0 Å². The lowest BCUT2D eigenvalue weighted by Crippen LogP contribution is -2.47. The maximum atomic E-state index is 14.0. The van der Waals surface area contributed by atoms with Crippen LogP contribution in [0, 0.1) is 12.7 Å². The first-order chi connectivity index (χ1) is 15.1. The molecule has 4 rings (SSSR count). The molecule has 0 saturated heterocycles. The van der Waals surface area contributed by atoms with Crippen LogP contribution in [0.1, 0.15) is 11.1 Å².